The summed E-state index contributed by atoms with van der Waals surface area (Å²) in [6.07, 6.45) is 6.94. The van der Waals surface area contributed by atoms with Crippen molar-refractivity contribution in [2.75, 3.05) is 49.3 Å². The van der Waals surface area contributed by atoms with E-state index in [-0.39, 0.29) is 18.4 Å². The summed E-state index contributed by atoms with van der Waals surface area (Å²) in [6, 6.07) is 14.5. The lowest BCUT2D eigenvalue weighted by Crippen LogP contribution is -2.55. The van der Waals surface area contributed by atoms with Gasteiger partial charge in [0.15, 0.2) is 0 Å². The van der Waals surface area contributed by atoms with Crippen molar-refractivity contribution in [3.05, 3.63) is 64.8 Å². The van der Waals surface area contributed by atoms with Crippen LogP contribution in [0.4, 0.5) is 15.9 Å². The zero-order valence-corrected chi connectivity index (χ0v) is 24.3. The molecule has 1 amide bonds. The van der Waals surface area contributed by atoms with Crippen LogP contribution >= 0.6 is 11.6 Å². The fraction of sp³-hybridized carbons (Fsp3) is 0.438. The fourth-order valence-corrected chi connectivity index (χ4v) is 6.45. The first-order chi connectivity index (χ1) is 20.6. The van der Waals surface area contributed by atoms with Gasteiger partial charge in [-0.3, -0.25) is 4.79 Å². The number of carbonyl (C=O) groups excluding carboxylic acids is 1. The minimum atomic E-state index is -0.701. The van der Waals surface area contributed by atoms with Gasteiger partial charge in [0, 0.05) is 48.9 Å². The number of rotatable bonds is 8. The van der Waals surface area contributed by atoms with Crippen molar-refractivity contribution in [3.8, 4) is 12.1 Å². The standard InChI is InChI=1S/C32H34ClFN6O2/c33-26-9-2-7-23-8-3-10-28(30(23)26)38-16-13-25-27(20-38)36-32(42-21-22-5-1-6-22)37-31(25)39-17-18-40(24(19-39)12-15-35)29(41)11-4-14-34/h2-4,7-11,22,24H,1,5-6,12-14,16-21H2/b11-4+/t24-/m0/s1. The fourth-order valence-electron chi connectivity index (χ4n) is 6.17. The monoisotopic (exact) mass is 588 g/mol. The van der Waals surface area contributed by atoms with E-state index in [1.165, 1.54) is 18.6 Å². The van der Waals surface area contributed by atoms with Crippen LogP contribution < -0.4 is 14.5 Å². The lowest BCUT2D eigenvalue weighted by molar-refractivity contribution is -0.128. The Balaban J connectivity index is 1.32. The van der Waals surface area contributed by atoms with Crippen LogP contribution in [0.5, 0.6) is 6.01 Å². The van der Waals surface area contributed by atoms with Crippen LogP contribution in [-0.2, 0) is 17.8 Å². The molecule has 0 N–H and O–H groups in total. The van der Waals surface area contributed by atoms with Crippen LogP contribution in [-0.4, -0.2) is 66.3 Å². The number of ether oxygens (including phenoxy) is 1. The molecule has 1 saturated carbocycles. The summed E-state index contributed by atoms with van der Waals surface area (Å²) >= 11 is 6.67. The molecule has 2 aliphatic heterocycles. The number of hydrogen-bond donors (Lipinski definition) is 0. The first-order valence-corrected chi connectivity index (χ1v) is 15.0. The second-order valence-electron chi connectivity index (χ2n) is 11.2. The normalized spacial score (nSPS) is 19.1. The van der Waals surface area contributed by atoms with Crippen LogP contribution in [0.3, 0.4) is 0 Å². The molecule has 2 fully saturated rings. The average Bonchev–Trinajstić information content (AvgIpc) is 2.98. The minimum absolute atomic E-state index is 0.180. The highest BCUT2D eigenvalue weighted by Gasteiger charge is 2.33. The Labute approximate surface area is 250 Å². The van der Waals surface area contributed by atoms with Crippen LogP contribution in [0.15, 0.2) is 48.6 Å². The number of fused-ring (bicyclic) bond motifs is 2. The van der Waals surface area contributed by atoms with Crippen LogP contribution in [0.1, 0.15) is 36.9 Å². The summed E-state index contributed by atoms with van der Waals surface area (Å²) in [6.45, 7) is 2.67. The molecule has 42 heavy (non-hydrogen) atoms. The second kappa shape index (κ2) is 12.5. The maximum Gasteiger partial charge on any atom is 0.318 e. The minimum Gasteiger partial charge on any atom is -0.463 e. The van der Waals surface area contributed by atoms with Gasteiger partial charge in [-0.2, -0.15) is 15.2 Å². The Hall–Kier alpha value is -3.90. The number of hydrogen-bond acceptors (Lipinski definition) is 7. The quantitative estimate of drug-likeness (QED) is 0.322. The predicted molar refractivity (Wildman–Crippen MR) is 162 cm³/mol. The molecule has 0 bridgehead atoms. The topological polar surface area (TPSA) is 85.6 Å². The van der Waals surface area contributed by atoms with Crippen molar-refractivity contribution >= 4 is 39.8 Å². The summed E-state index contributed by atoms with van der Waals surface area (Å²) in [5, 5.41) is 12.4. The van der Waals surface area contributed by atoms with Gasteiger partial charge >= 0.3 is 6.01 Å². The summed E-state index contributed by atoms with van der Waals surface area (Å²) in [5.74, 6) is 1.08. The number of alkyl halides is 1. The van der Waals surface area contributed by atoms with Gasteiger partial charge < -0.3 is 19.4 Å². The summed E-state index contributed by atoms with van der Waals surface area (Å²) < 4.78 is 18.8. The van der Waals surface area contributed by atoms with Crippen molar-refractivity contribution < 1.29 is 13.9 Å². The van der Waals surface area contributed by atoms with Gasteiger partial charge in [-0.05, 0) is 48.8 Å². The predicted octanol–water partition coefficient (Wildman–Crippen LogP) is 5.48. The third kappa shape index (κ3) is 5.73. The van der Waals surface area contributed by atoms with E-state index in [0.29, 0.717) is 44.7 Å². The van der Waals surface area contributed by atoms with Gasteiger partial charge in [0.1, 0.15) is 12.5 Å². The molecule has 0 unspecified atom stereocenters. The lowest BCUT2D eigenvalue weighted by atomic mass is 9.86. The molecule has 3 heterocycles. The van der Waals surface area contributed by atoms with E-state index in [1.807, 2.05) is 12.1 Å². The number of nitriles is 1. The number of nitrogens with zero attached hydrogens (tertiary/aromatic N) is 6. The molecule has 0 spiro atoms. The Morgan fingerprint density at radius 2 is 1.98 bits per heavy atom. The maximum absolute atomic E-state index is 12.7. The van der Waals surface area contributed by atoms with Crippen molar-refractivity contribution in [1.29, 1.82) is 5.26 Å². The van der Waals surface area contributed by atoms with Crippen LogP contribution in [0.25, 0.3) is 10.8 Å². The zero-order valence-electron chi connectivity index (χ0n) is 23.5. The van der Waals surface area contributed by atoms with Crippen molar-refractivity contribution in [1.82, 2.24) is 14.9 Å². The van der Waals surface area contributed by atoms with Gasteiger partial charge in [-0.25, -0.2) is 4.39 Å². The highest BCUT2D eigenvalue weighted by atomic mass is 35.5. The zero-order chi connectivity index (χ0) is 29.1. The Morgan fingerprint density at radius 1 is 1.14 bits per heavy atom. The first-order valence-electron chi connectivity index (χ1n) is 14.7. The van der Waals surface area contributed by atoms with E-state index >= 15 is 0 Å². The molecule has 1 saturated heterocycles. The number of allylic oxidation sites excluding steroid dienone is 1. The molecule has 3 aliphatic rings. The van der Waals surface area contributed by atoms with E-state index in [1.54, 1.807) is 4.90 Å². The Kier molecular flexibility index (Phi) is 8.43. The van der Waals surface area contributed by atoms with E-state index in [9.17, 15) is 14.4 Å². The number of benzene rings is 2. The van der Waals surface area contributed by atoms with Crippen LogP contribution in [0.2, 0.25) is 5.02 Å². The molecule has 1 aromatic heterocycles. The SMILES string of the molecule is N#CC[C@H]1CN(c2nc(OCC3CCC3)nc3c2CCN(c2cccc4cccc(Cl)c24)C3)CCN1C(=O)/C=C/CF. The van der Waals surface area contributed by atoms with Gasteiger partial charge in [0.25, 0.3) is 0 Å². The second-order valence-corrected chi connectivity index (χ2v) is 11.6. The Morgan fingerprint density at radius 3 is 2.74 bits per heavy atom. The third-order valence-corrected chi connectivity index (χ3v) is 8.92. The number of halogens is 2. The molecular formula is C32H34ClFN6O2. The number of aromatic nitrogens is 2. The highest BCUT2D eigenvalue weighted by molar-refractivity contribution is 6.36. The van der Waals surface area contributed by atoms with Crippen molar-refractivity contribution in [2.24, 2.45) is 5.92 Å². The number of carbonyl (C=O) groups is 1. The van der Waals surface area contributed by atoms with Crippen LogP contribution in [0, 0.1) is 17.2 Å². The maximum atomic E-state index is 12.7. The molecular weight excluding hydrogens is 555 g/mol. The number of anilines is 2. The molecule has 1 atom stereocenters. The van der Waals surface area contributed by atoms with Crippen molar-refractivity contribution in [3.63, 3.8) is 0 Å². The number of amides is 1. The molecule has 10 heteroatoms. The van der Waals surface area contributed by atoms with E-state index in [4.69, 9.17) is 26.3 Å². The van der Waals surface area contributed by atoms with E-state index in [2.05, 4.69) is 40.1 Å². The molecule has 8 nitrogen and oxygen atoms in total. The smallest absolute Gasteiger partial charge is 0.318 e. The van der Waals surface area contributed by atoms with E-state index in [0.717, 1.165) is 64.4 Å². The van der Waals surface area contributed by atoms with Gasteiger partial charge in [0.2, 0.25) is 5.91 Å². The number of piperazine rings is 1. The lowest BCUT2D eigenvalue weighted by Gasteiger charge is -2.42. The Bertz CT molecular complexity index is 1530. The molecule has 0 radical (unpaired) electrons. The summed E-state index contributed by atoms with van der Waals surface area (Å²) in [4.78, 5) is 28.7. The first kappa shape index (κ1) is 28.2. The molecule has 1 aliphatic carbocycles. The molecule has 3 aromatic rings. The summed E-state index contributed by atoms with van der Waals surface area (Å²) in [5.41, 5.74) is 3.06. The molecule has 218 valence electrons. The molecule has 6 rings (SSSR count). The average molecular weight is 589 g/mol. The third-order valence-electron chi connectivity index (χ3n) is 8.61. The largest absolute Gasteiger partial charge is 0.463 e. The molecule has 2 aromatic carbocycles. The van der Waals surface area contributed by atoms with Gasteiger partial charge in [-0.1, -0.05) is 42.3 Å². The summed E-state index contributed by atoms with van der Waals surface area (Å²) in [7, 11) is 0. The van der Waals surface area contributed by atoms with Gasteiger partial charge in [0.05, 0.1) is 42.4 Å². The van der Waals surface area contributed by atoms with Crippen molar-refractivity contribution in [2.45, 2.75) is 44.7 Å². The van der Waals surface area contributed by atoms with Gasteiger partial charge in [-0.15, -0.1) is 0 Å². The highest BCUT2D eigenvalue weighted by Crippen LogP contribution is 2.37. The van der Waals surface area contributed by atoms with E-state index < -0.39 is 6.67 Å².